The van der Waals surface area contributed by atoms with Gasteiger partial charge in [-0.05, 0) is 49.2 Å². The minimum absolute atomic E-state index is 0.0134. The van der Waals surface area contributed by atoms with E-state index in [1.807, 2.05) is 0 Å². The van der Waals surface area contributed by atoms with Crippen molar-refractivity contribution in [3.63, 3.8) is 0 Å². The number of esters is 1. The molecule has 13 heteroatoms. The van der Waals surface area contributed by atoms with Crippen molar-refractivity contribution in [3.8, 4) is 22.6 Å². The Morgan fingerprint density at radius 1 is 1.10 bits per heavy atom. The summed E-state index contributed by atoms with van der Waals surface area (Å²) in [4.78, 5) is 37.5. The van der Waals surface area contributed by atoms with Crippen LogP contribution in [0.5, 0.6) is 11.5 Å². The zero-order chi connectivity index (χ0) is 28.9. The van der Waals surface area contributed by atoms with Crippen LogP contribution in [-0.4, -0.2) is 34.6 Å². The second-order valence-corrected chi connectivity index (χ2v) is 8.38. The zero-order valence-corrected chi connectivity index (χ0v) is 21.1. The largest absolute Gasteiger partial charge is 0.573 e. The molecular formula is C26H25F4N3O6. The highest BCUT2D eigenvalue weighted by Crippen LogP contribution is 2.31. The van der Waals surface area contributed by atoms with E-state index in [1.165, 1.54) is 41.9 Å². The predicted octanol–water partition coefficient (Wildman–Crippen LogP) is 4.92. The number of aromatic nitrogens is 1. The Morgan fingerprint density at radius 3 is 2.46 bits per heavy atom. The molecule has 0 saturated heterocycles. The number of aromatic hydroxyl groups is 1. The summed E-state index contributed by atoms with van der Waals surface area (Å²) in [7, 11) is 1.43. The number of urea groups is 1. The van der Waals surface area contributed by atoms with Gasteiger partial charge < -0.3 is 29.8 Å². The first kappa shape index (κ1) is 29.0. The fraction of sp³-hybridized carbons (Fsp3) is 0.269. The maximum absolute atomic E-state index is 15.0. The number of benzene rings is 2. The van der Waals surface area contributed by atoms with Crippen LogP contribution < -0.4 is 20.9 Å². The van der Waals surface area contributed by atoms with Crippen molar-refractivity contribution in [2.24, 2.45) is 7.05 Å². The smallest absolute Gasteiger partial charge is 0.505 e. The van der Waals surface area contributed by atoms with E-state index in [4.69, 9.17) is 4.74 Å². The maximum Gasteiger partial charge on any atom is 0.573 e. The van der Waals surface area contributed by atoms with Gasteiger partial charge in [-0.3, -0.25) is 9.59 Å². The minimum atomic E-state index is -4.92. The summed E-state index contributed by atoms with van der Waals surface area (Å²) in [6.45, 7) is 3.14. The molecule has 0 unspecified atom stereocenters. The van der Waals surface area contributed by atoms with E-state index in [1.54, 1.807) is 13.8 Å². The molecule has 3 aromatic rings. The fourth-order valence-electron chi connectivity index (χ4n) is 3.72. The van der Waals surface area contributed by atoms with E-state index >= 15 is 0 Å². The highest BCUT2D eigenvalue weighted by atomic mass is 19.4. The SMILES string of the molecule is CCOC(=O)C[C@H](NC(=O)Nc1c(O)cc(C)n(C)c1=O)c1cc(-c2cccc(OC(F)(F)F)c2)ccc1F. The molecule has 0 fully saturated rings. The second kappa shape index (κ2) is 11.9. The van der Waals surface area contributed by atoms with E-state index in [0.29, 0.717) is 5.69 Å². The number of carbonyl (C=O) groups is 2. The number of alkyl halides is 3. The summed E-state index contributed by atoms with van der Waals surface area (Å²) < 4.78 is 63.0. The van der Waals surface area contributed by atoms with Crippen LogP contribution in [0.2, 0.25) is 0 Å². The average Bonchev–Trinajstić information content (AvgIpc) is 2.84. The lowest BCUT2D eigenvalue weighted by Gasteiger charge is -2.21. The summed E-state index contributed by atoms with van der Waals surface area (Å²) >= 11 is 0. The quantitative estimate of drug-likeness (QED) is 0.270. The van der Waals surface area contributed by atoms with E-state index in [9.17, 15) is 37.1 Å². The van der Waals surface area contributed by atoms with Gasteiger partial charge in [-0.15, -0.1) is 13.2 Å². The van der Waals surface area contributed by atoms with Gasteiger partial charge in [-0.2, -0.15) is 0 Å². The number of anilines is 1. The number of nitrogens with one attached hydrogen (secondary N) is 2. The first-order valence-corrected chi connectivity index (χ1v) is 11.6. The van der Waals surface area contributed by atoms with Crippen LogP contribution >= 0.6 is 0 Å². The van der Waals surface area contributed by atoms with Gasteiger partial charge in [0.25, 0.3) is 5.56 Å². The Kier molecular flexibility index (Phi) is 8.84. The molecule has 3 rings (SSSR count). The summed E-state index contributed by atoms with van der Waals surface area (Å²) in [5.74, 6) is -2.60. The number of halogens is 4. The van der Waals surface area contributed by atoms with E-state index in [2.05, 4.69) is 15.4 Å². The molecule has 1 atom stereocenters. The summed E-state index contributed by atoms with van der Waals surface area (Å²) in [6.07, 6.45) is -5.43. The number of hydrogen-bond donors (Lipinski definition) is 3. The number of pyridine rings is 1. The lowest BCUT2D eigenvalue weighted by atomic mass is 9.97. The predicted molar refractivity (Wildman–Crippen MR) is 133 cm³/mol. The molecule has 0 aliphatic carbocycles. The summed E-state index contributed by atoms with van der Waals surface area (Å²) in [5, 5.41) is 14.8. The molecule has 1 aromatic heterocycles. The molecule has 0 bridgehead atoms. The molecular weight excluding hydrogens is 526 g/mol. The van der Waals surface area contributed by atoms with Crippen molar-refractivity contribution >= 4 is 17.7 Å². The van der Waals surface area contributed by atoms with E-state index in [0.717, 1.165) is 18.2 Å². The Balaban J connectivity index is 1.96. The van der Waals surface area contributed by atoms with Crippen LogP contribution in [0.1, 0.15) is 30.6 Å². The maximum atomic E-state index is 15.0. The molecule has 208 valence electrons. The van der Waals surface area contributed by atoms with Crippen LogP contribution in [0, 0.1) is 12.7 Å². The van der Waals surface area contributed by atoms with E-state index in [-0.39, 0.29) is 23.3 Å². The lowest BCUT2D eigenvalue weighted by molar-refractivity contribution is -0.274. The molecule has 0 aliphatic rings. The van der Waals surface area contributed by atoms with Crippen molar-refractivity contribution in [3.05, 3.63) is 76.0 Å². The molecule has 0 aliphatic heterocycles. The third kappa shape index (κ3) is 7.49. The number of hydrogen-bond acceptors (Lipinski definition) is 6. The fourth-order valence-corrected chi connectivity index (χ4v) is 3.72. The van der Waals surface area contributed by atoms with Gasteiger partial charge in [0, 0.05) is 24.4 Å². The second-order valence-electron chi connectivity index (χ2n) is 8.38. The molecule has 3 N–H and O–H groups in total. The van der Waals surface area contributed by atoms with Gasteiger partial charge in [-0.25, -0.2) is 9.18 Å². The van der Waals surface area contributed by atoms with Gasteiger partial charge in [0.1, 0.15) is 17.3 Å². The average molecular weight is 551 g/mol. The number of ether oxygens (including phenoxy) is 2. The van der Waals surface area contributed by atoms with Crippen LogP contribution in [0.25, 0.3) is 11.1 Å². The normalized spacial score (nSPS) is 12.0. The highest BCUT2D eigenvalue weighted by molar-refractivity contribution is 5.91. The number of nitrogens with zero attached hydrogens (tertiary/aromatic N) is 1. The topological polar surface area (TPSA) is 119 Å². The molecule has 0 saturated carbocycles. The standard InChI is InChI=1S/C26H25F4N3O6/c1-4-38-22(35)13-20(31-25(37)32-23-21(34)10-14(2)33(3)24(23)36)18-12-16(8-9-19(18)27)15-6-5-7-17(11-15)39-26(28,29)30/h5-12,20,34H,4,13H2,1-3H3,(H2,31,32,37)/t20-/m0/s1. The van der Waals surface area contributed by atoms with Crippen LogP contribution in [-0.2, 0) is 16.6 Å². The Bertz CT molecular complexity index is 1440. The Hall–Kier alpha value is -4.55. The van der Waals surface area contributed by atoms with Crippen molar-refractivity contribution < 1.29 is 41.7 Å². The van der Waals surface area contributed by atoms with E-state index < -0.39 is 59.4 Å². The molecule has 0 spiro atoms. The van der Waals surface area contributed by atoms with Crippen molar-refractivity contribution in [1.82, 2.24) is 9.88 Å². The van der Waals surface area contributed by atoms with Gasteiger partial charge in [0.15, 0.2) is 5.69 Å². The van der Waals surface area contributed by atoms with Crippen LogP contribution in [0.3, 0.4) is 0 Å². The third-order valence-corrected chi connectivity index (χ3v) is 5.64. The summed E-state index contributed by atoms with van der Waals surface area (Å²) in [6, 6.07) is 7.47. The first-order chi connectivity index (χ1) is 18.3. The molecule has 2 aromatic carbocycles. The molecule has 39 heavy (non-hydrogen) atoms. The van der Waals surface area contributed by atoms with Crippen molar-refractivity contribution in [2.75, 3.05) is 11.9 Å². The first-order valence-electron chi connectivity index (χ1n) is 11.6. The number of carbonyl (C=O) groups excluding carboxylic acids is 2. The van der Waals surface area contributed by atoms with Gasteiger partial charge >= 0.3 is 18.4 Å². The third-order valence-electron chi connectivity index (χ3n) is 5.64. The van der Waals surface area contributed by atoms with Gasteiger partial charge in [-0.1, -0.05) is 18.2 Å². The van der Waals surface area contributed by atoms with Crippen LogP contribution in [0.15, 0.2) is 53.3 Å². The molecule has 0 radical (unpaired) electrons. The van der Waals surface area contributed by atoms with Crippen molar-refractivity contribution in [2.45, 2.75) is 32.7 Å². The van der Waals surface area contributed by atoms with Gasteiger partial charge in [0.05, 0.1) is 19.1 Å². The number of amides is 2. The molecule has 2 amide bonds. The number of rotatable bonds is 8. The zero-order valence-electron chi connectivity index (χ0n) is 21.1. The lowest BCUT2D eigenvalue weighted by Crippen LogP contribution is -2.36. The summed E-state index contributed by atoms with van der Waals surface area (Å²) in [5.41, 5.74) is -0.401. The Labute approximate surface area is 220 Å². The Morgan fingerprint density at radius 2 is 1.79 bits per heavy atom. The van der Waals surface area contributed by atoms with Gasteiger partial charge in [0.2, 0.25) is 0 Å². The molecule has 9 nitrogen and oxygen atoms in total. The highest BCUT2D eigenvalue weighted by Gasteiger charge is 2.31. The monoisotopic (exact) mass is 551 g/mol. The molecule has 1 heterocycles. The number of aryl methyl sites for hydroxylation is 1. The minimum Gasteiger partial charge on any atom is -0.505 e. The van der Waals surface area contributed by atoms with Crippen molar-refractivity contribution in [1.29, 1.82) is 0 Å². The van der Waals surface area contributed by atoms with Crippen LogP contribution in [0.4, 0.5) is 28.0 Å².